The molecule has 7 nitrogen and oxygen atoms in total. The maximum Gasteiger partial charge on any atom is 0.242 e. The van der Waals surface area contributed by atoms with Crippen LogP contribution in [0.25, 0.3) is 0 Å². The number of hydrogen-bond acceptors (Lipinski definition) is 4. The molecule has 1 aromatic heterocycles. The van der Waals surface area contributed by atoms with Crippen LogP contribution in [0.5, 0.6) is 0 Å². The monoisotopic (exact) mass is 341 g/mol. The first-order valence-electron chi connectivity index (χ1n) is 8.41. The highest BCUT2D eigenvalue weighted by Gasteiger charge is 2.22. The van der Waals surface area contributed by atoms with Gasteiger partial charge in [0, 0.05) is 44.0 Å². The van der Waals surface area contributed by atoms with Crippen molar-refractivity contribution in [3.8, 4) is 0 Å². The van der Waals surface area contributed by atoms with Crippen molar-refractivity contribution in [1.82, 2.24) is 20.4 Å². The van der Waals surface area contributed by atoms with E-state index in [9.17, 15) is 9.59 Å². The molecule has 2 aromatic rings. The molecule has 1 aliphatic rings. The molecular weight excluding hydrogens is 318 g/mol. The lowest BCUT2D eigenvalue weighted by atomic mass is 10.1. The predicted molar refractivity (Wildman–Crippen MR) is 94.9 cm³/mol. The SMILES string of the molecule is CNC(C(=O)NCc1cccc(N2CCCC2=O)c1)c1cnn(C)c1. The zero-order valence-electron chi connectivity index (χ0n) is 14.5. The van der Waals surface area contributed by atoms with Gasteiger partial charge in [0.1, 0.15) is 6.04 Å². The average molecular weight is 341 g/mol. The number of carbonyl (C=O) groups excluding carboxylic acids is 2. The first-order valence-corrected chi connectivity index (χ1v) is 8.41. The van der Waals surface area contributed by atoms with Crippen LogP contribution >= 0.6 is 0 Å². The van der Waals surface area contributed by atoms with Crippen molar-refractivity contribution in [3.63, 3.8) is 0 Å². The fourth-order valence-electron chi connectivity index (χ4n) is 3.09. The number of amides is 2. The van der Waals surface area contributed by atoms with Crippen molar-refractivity contribution in [2.45, 2.75) is 25.4 Å². The molecule has 2 heterocycles. The molecule has 1 fully saturated rings. The summed E-state index contributed by atoms with van der Waals surface area (Å²) in [5.74, 6) is 0.0474. The van der Waals surface area contributed by atoms with Gasteiger partial charge in [-0.15, -0.1) is 0 Å². The maximum absolute atomic E-state index is 12.5. The molecule has 1 atom stereocenters. The number of likely N-dealkylation sites (N-methyl/N-ethyl adjacent to an activating group) is 1. The smallest absolute Gasteiger partial charge is 0.242 e. The van der Waals surface area contributed by atoms with Crippen molar-refractivity contribution < 1.29 is 9.59 Å². The molecular formula is C18H23N5O2. The summed E-state index contributed by atoms with van der Waals surface area (Å²) in [7, 11) is 3.57. The molecule has 0 aliphatic carbocycles. The van der Waals surface area contributed by atoms with Gasteiger partial charge in [-0.05, 0) is 31.2 Å². The Morgan fingerprint density at radius 2 is 2.24 bits per heavy atom. The lowest BCUT2D eigenvalue weighted by Gasteiger charge is -2.18. The number of nitrogens with one attached hydrogen (secondary N) is 2. The van der Waals surface area contributed by atoms with Crippen molar-refractivity contribution >= 4 is 17.5 Å². The van der Waals surface area contributed by atoms with Crippen molar-refractivity contribution in [2.24, 2.45) is 7.05 Å². The summed E-state index contributed by atoms with van der Waals surface area (Å²) in [5.41, 5.74) is 2.68. The van der Waals surface area contributed by atoms with E-state index in [2.05, 4.69) is 15.7 Å². The second-order valence-corrected chi connectivity index (χ2v) is 6.21. The van der Waals surface area contributed by atoms with E-state index < -0.39 is 6.04 Å². The molecule has 132 valence electrons. The van der Waals surface area contributed by atoms with E-state index in [0.29, 0.717) is 13.0 Å². The Balaban J connectivity index is 1.64. The molecule has 0 bridgehead atoms. The molecule has 3 rings (SSSR count). The lowest BCUT2D eigenvalue weighted by molar-refractivity contribution is -0.123. The van der Waals surface area contributed by atoms with Gasteiger partial charge in [0.2, 0.25) is 11.8 Å². The van der Waals surface area contributed by atoms with Crippen LogP contribution in [0.15, 0.2) is 36.7 Å². The van der Waals surface area contributed by atoms with Gasteiger partial charge in [-0.3, -0.25) is 14.3 Å². The molecule has 1 aliphatic heterocycles. The van der Waals surface area contributed by atoms with E-state index in [-0.39, 0.29) is 11.8 Å². The molecule has 7 heteroatoms. The zero-order valence-corrected chi connectivity index (χ0v) is 14.5. The van der Waals surface area contributed by atoms with Crippen LogP contribution in [0, 0.1) is 0 Å². The molecule has 0 radical (unpaired) electrons. The summed E-state index contributed by atoms with van der Waals surface area (Å²) in [4.78, 5) is 26.2. The second kappa shape index (κ2) is 7.48. The van der Waals surface area contributed by atoms with Gasteiger partial charge in [-0.1, -0.05) is 12.1 Å². The van der Waals surface area contributed by atoms with E-state index in [4.69, 9.17) is 0 Å². The van der Waals surface area contributed by atoms with E-state index in [1.165, 1.54) is 0 Å². The minimum Gasteiger partial charge on any atom is -0.350 e. The summed E-state index contributed by atoms with van der Waals surface area (Å²) >= 11 is 0. The third-order valence-corrected chi connectivity index (χ3v) is 4.37. The summed E-state index contributed by atoms with van der Waals surface area (Å²) in [5, 5.41) is 10.1. The fourth-order valence-corrected chi connectivity index (χ4v) is 3.09. The lowest BCUT2D eigenvalue weighted by Crippen LogP contribution is -2.35. The zero-order chi connectivity index (χ0) is 17.8. The molecule has 25 heavy (non-hydrogen) atoms. The molecule has 1 aromatic carbocycles. The second-order valence-electron chi connectivity index (χ2n) is 6.21. The standard InChI is InChI=1S/C18H23N5O2/c1-19-17(14-11-21-22(2)12-14)18(25)20-10-13-5-3-6-15(9-13)23-8-4-7-16(23)24/h3,5-6,9,11-12,17,19H,4,7-8,10H2,1-2H3,(H,20,25). The van der Waals surface area contributed by atoms with Crippen LogP contribution in [0.4, 0.5) is 5.69 Å². The highest BCUT2D eigenvalue weighted by molar-refractivity contribution is 5.95. The third-order valence-electron chi connectivity index (χ3n) is 4.37. The number of hydrogen-bond donors (Lipinski definition) is 2. The Morgan fingerprint density at radius 1 is 1.40 bits per heavy atom. The highest BCUT2D eigenvalue weighted by atomic mass is 16.2. The summed E-state index contributed by atoms with van der Waals surface area (Å²) in [6.07, 6.45) is 5.01. The quantitative estimate of drug-likeness (QED) is 0.825. The van der Waals surface area contributed by atoms with Gasteiger partial charge in [0.25, 0.3) is 0 Å². The Labute approximate surface area is 147 Å². The number of anilines is 1. The van der Waals surface area contributed by atoms with Crippen LogP contribution in [0.1, 0.15) is 30.0 Å². The van der Waals surface area contributed by atoms with Crippen LogP contribution in [0.2, 0.25) is 0 Å². The number of aryl methyl sites for hydroxylation is 1. The normalized spacial score (nSPS) is 15.4. The number of benzene rings is 1. The summed E-state index contributed by atoms with van der Waals surface area (Å²) < 4.78 is 1.67. The van der Waals surface area contributed by atoms with Crippen LogP contribution in [-0.4, -0.2) is 35.2 Å². The highest BCUT2D eigenvalue weighted by Crippen LogP contribution is 2.22. The predicted octanol–water partition coefficient (Wildman–Crippen LogP) is 1.12. The minimum absolute atomic E-state index is 0.113. The summed E-state index contributed by atoms with van der Waals surface area (Å²) in [6, 6.07) is 7.31. The number of carbonyl (C=O) groups is 2. The number of nitrogens with zero attached hydrogens (tertiary/aromatic N) is 3. The van der Waals surface area contributed by atoms with Crippen LogP contribution < -0.4 is 15.5 Å². The largest absolute Gasteiger partial charge is 0.350 e. The van der Waals surface area contributed by atoms with Gasteiger partial charge >= 0.3 is 0 Å². The van der Waals surface area contributed by atoms with Crippen molar-refractivity contribution in [1.29, 1.82) is 0 Å². The van der Waals surface area contributed by atoms with Crippen LogP contribution in [-0.2, 0) is 23.2 Å². The van der Waals surface area contributed by atoms with Crippen LogP contribution in [0.3, 0.4) is 0 Å². The Morgan fingerprint density at radius 3 is 2.88 bits per heavy atom. The molecule has 2 amide bonds. The minimum atomic E-state index is -0.447. The van der Waals surface area contributed by atoms with E-state index in [1.54, 1.807) is 22.8 Å². The average Bonchev–Trinajstić information content (AvgIpc) is 3.22. The Hall–Kier alpha value is -2.67. The fraction of sp³-hybridized carbons (Fsp3) is 0.389. The van der Waals surface area contributed by atoms with Crippen molar-refractivity contribution in [2.75, 3.05) is 18.5 Å². The number of aromatic nitrogens is 2. The molecule has 1 unspecified atom stereocenters. The van der Waals surface area contributed by atoms with E-state index >= 15 is 0 Å². The molecule has 1 saturated heterocycles. The third kappa shape index (κ3) is 3.88. The first-order chi connectivity index (χ1) is 12.1. The summed E-state index contributed by atoms with van der Waals surface area (Å²) in [6.45, 7) is 1.17. The van der Waals surface area contributed by atoms with Gasteiger partial charge < -0.3 is 15.5 Å². The van der Waals surface area contributed by atoms with E-state index in [1.807, 2.05) is 37.5 Å². The van der Waals surface area contributed by atoms with Gasteiger partial charge in [-0.25, -0.2) is 0 Å². The van der Waals surface area contributed by atoms with Gasteiger partial charge in [-0.2, -0.15) is 5.10 Å². The first kappa shape index (κ1) is 17.2. The maximum atomic E-state index is 12.5. The topological polar surface area (TPSA) is 79.3 Å². The molecule has 2 N–H and O–H groups in total. The Kier molecular flexibility index (Phi) is 5.14. The van der Waals surface area contributed by atoms with Gasteiger partial charge in [0.05, 0.1) is 6.20 Å². The molecule has 0 saturated carbocycles. The molecule has 0 spiro atoms. The van der Waals surface area contributed by atoms with Crippen molar-refractivity contribution in [3.05, 3.63) is 47.8 Å². The van der Waals surface area contributed by atoms with E-state index in [0.717, 1.165) is 29.8 Å². The Bertz CT molecular complexity index is 770. The van der Waals surface area contributed by atoms with Gasteiger partial charge in [0.15, 0.2) is 0 Å². The number of rotatable bonds is 6.